The number of rotatable bonds is 6. The standard InChI is InChI=1S/C21H21N3O3/c1-27-20(26)11-4-14-2-5-15(6-3-14)17-12-19(25)24(13-17)18-9-7-16(8-10-18)21(22)23/h2-3,5-10,12H,4,11,13H2,1H3,(H3,22,23). The molecular weight excluding hydrogens is 342 g/mol. The number of nitrogens with zero attached hydrogens (tertiary/aromatic N) is 1. The number of esters is 1. The average Bonchev–Trinajstić information content (AvgIpc) is 3.08. The third kappa shape index (κ3) is 4.23. The van der Waals surface area contributed by atoms with Crippen LogP contribution in [0.15, 0.2) is 54.6 Å². The van der Waals surface area contributed by atoms with E-state index in [1.54, 1.807) is 35.2 Å². The predicted molar refractivity (Wildman–Crippen MR) is 105 cm³/mol. The molecule has 3 rings (SSSR count). The number of hydrogen-bond acceptors (Lipinski definition) is 4. The third-order valence-electron chi connectivity index (χ3n) is 4.55. The molecule has 6 nitrogen and oxygen atoms in total. The summed E-state index contributed by atoms with van der Waals surface area (Å²) < 4.78 is 4.65. The molecule has 0 saturated heterocycles. The number of nitrogen functional groups attached to an aromatic ring is 1. The molecule has 0 atom stereocenters. The van der Waals surface area contributed by atoms with E-state index < -0.39 is 0 Å². The lowest BCUT2D eigenvalue weighted by molar-refractivity contribution is -0.140. The first-order valence-corrected chi connectivity index (χ1v) is 8.60. The van der Waals surface area contributed by atoms with Gasteiger partial charge in [0.25, 0.3) is 5.91 Å². The van der Waals surface area contributed by atoms with Gasteiger partial charge in [0.1, 0.15) is 5.84 Å². The van der Waals surface area contributed by atoms with Gasteiger partial charge >= 0.3 is 5.97 Å². The van der Waals surface area contributed by atoms with E-state index in [0.717, 1.165) is 22.4 Å². The Hall–Kier alpha value is -3.41. The smallest absolute Gasteiger partial charge is 0.305 e. The summed E-state index contributed by atoms with van der Waals surface area (Å²) in [6, 6.07) is 14.9. The summed E-state index contributed by atoms with van der Waals surface area (Å²) in [5.41, 5.74) is 9.83. The molecule has 1 aliphatic rings. The van der Waals surface area contributed by atoms with Crippen LogP contribution in [0.3, 0.4) is 0 Å². The minimum atomic E-state index is -0.227. The van der Waals surface area contributed by atoms with E-state index in [2.05, 4.69) is 4.74 Å². The van der Waals surface area contributed by atoms with Gasteiger partial charge in [-0.1, -0.05) is 24.3 Å². The Bertz CT molecular complexity index is 899. The lowest BCUT2D eigenvalue weighted by Crippen LogP contribution is -2.25. The molecule has 6 heteroatoms. The van der Waals surface area contributed by atoms with Crippen molar-refractivity contribution in [2.75, 3.05) is 18.6 Å². The summed E-state index contributed by atoms with van der Waals surface area (Å²) in [4.78, 5) is 25.3. The van der Waals surface area contributed by atoms with Gasteiger partial charge in [0, 0.05) is 23.7 Å². The molecular formula is C21H21N3O3. The van der Waals surface area contributed by atoms with Crippen molar-refractivity contribution in [3.05, 3.63) is 71.3 Å². The molecule has 0 radical (unpaired) electrons. The van der Waals surface area contributed by atoms with Gasteiger partial charge in [-0.25, -0.2) is 0 Å². The summed E-state index contributed by atoms with van der Waals surface area (Å²) in [7, 11) is 1.38. The highest BCUT2D eigenvalue weighted by Crippen LogP contribution is 2.27. The molecule has 0 fully saturated rings. The number of nitrogens with two attached hydrogens (primary N) is 1. The molecule has 0 aliphatic carbocycles. The fourth-order valence-corrected chi connectivity index (χ4v) is 2.97. The zero-order valence-corrected chi connectivity index (χ0v) is 15.1. The average molecular weight is 363 g/mol. The summed E-state index contributed by atoms with van der Waals surface area (Å²) >= 11 is 0. The summed E-state index contributed by atoms with van der Waals surface area (Å²) in [6.07, 6.45) is 2.61. The Morgan fingerprint density at radius 1 is 1.15 bits per heavy atom. The van der Waals surface area contributed by atoms with E-state index in [9.17, 15) is 9.59 Å². The normalized spacial score (nSPS) is 13.4. The first kappa shape index (κ1) is 18.4. The van der Waals surface area contributed by atoms with Gasteiger partial charge in [-0.05, 0) is 47.4 Å². The number of ether oxygens (including phenoxy) is 1. The van der Waals surface area contributed by atoms with Gasteiger partial charge in [0.05, 0.1) is 13.7 Å². The van der Waals surface area contributed by atoms with Gasteiger partial charge in [0.2, 0.25) is 0 Å². The number of carbonyl (C=O) groups excluding carboxylic acids is 2. The van der Waals surface area contributed by atoms with Crippen molar-refractivity contribution in [2.24, 2.45) is 5.73 Å². The Labute approximate surface area is 157 Å². The lowest BCUT2D eigenvalue weighted by Gasteiger charge is -2.17. The second-order valence-corrected chi connectivity index (χ2v) is 6.33. The summed E-state index contributed by atoms with van der Waals surface area (Å²) in [5, 5.41) is 7.44. The fraction of sp³-hybridized carbons (Fsp3) is 0.190. The monoisotopic (exact) mass is 363 g/mol. The third-order valence-corrected chi connectivity index (χ3v) is 4.55. The van der Waals surface area contributed by atoms with Crippen LogP contribution in [0.1, 0.15) is 23.1 Å². The van der Waals surface area contributed by atoms with Gasteiger partial charge in [-0.3, -0.25) is 15.0 Å². The zero-order valence-electron chi connectivity index (χ0n) is 15.1. The van der Waals surface area contributed by atoms with Crippen LogP contribution in [-0.2, 0) is 20.7 Å². The molecule has 0 unspecified atom stereocenters. The maximum Gasteiger partial charge on any atom is 0.305 e. The molecule has 2 aromatic rings. The minimum absolute atomic E-state index is 0.000372. The van der Waals surface area contributed by atoms with E-state index in [4.69, 9.17) is 11.1 Å². The van der Waals surface area contributed by atoms with Crippen LogP contribution in [-0.4, -0.2) is 31.4 Å². The summed E-state index contributed by atoms with van der Waals surface area (Å²) in [6.45, 7) is 0.486. The molecule has 27 heavy (non-hydrogen) atoms. The van der Waals surface area contributed by atoms with Crippen molar-refractivity contribution in [2.45, 2.75) is 12.8 Å². The number of carbonyl (C=O) groups is 2. The lowest BCUT2D eigenvalue weighted by atomic mass is 10.0. The zero-order chi connectivity index (χ0) is 19.4. The Morgan fingerprint density at radius 3 is 2.41 bits per heavy atom. The Morgan fingerprint density at radius 2 is 1.81 bits per heavy atom. The number of amidine groups is 1. The van der Waals surface area contributed by atoms with Crippen LogP contribution >= 0.6 is 0 Å². The molecule has 2 aromatic carbocycles. The number of aryl methyl sites for hydroxylation is 1. The molecule has 1 aliphatic heterocycles. The fourth-order valence-electron chi connectivity index (χ4n) is 2.97. The molecule has 1 amide bonds. The first-order valence-electron chi connectivity index (χ1n) is 8.60. The highest BCUT2D eigenvalue weighted by molar-refractivity contribution is 6.12. The number of anilines is 1. The number of hydrogen-bond donors (Lipinski definition) is 2. The number of methoxy groups -OCH3 is 1. The maximum absolute atomic E-state index is 12.4. The second-order valence-electron chi connectivity index (χ2n) is 6.33. The second kappa shape index (κ2) is 7.86. The largest absolute Gasteiger partial charge is 0.469 e. The van der Waals surface area contributed by atoms with Gasteiger partial charge < -0.3 is 15.4 Å². The summed E-state index contributed by atoms with van der Waals surface area (Å²) in [5.74, 6) is -0.301. The van der Waals surface area contributed by atoms with Crippen LogP contribution in [0.2, 0.25) is 0 Å². The van der Waals surface area contributed by atoms with E-state index >= 15 is 0 Å². The van der Waals surface area contributed by atoms with Gasteiger partial charge in [-0.15, -0.1) is 0 Å². The van der Waals surface area contributed by atoms with E-state index in [-0.39, 0.29) is 17.7 Å². The maximum atomic E-state index is 12.4. The van der Waals surface area contributed by atoms with Crippen LogP contribution in [0.25, 0.3) is 5.57 Å². The molecule has 138 valence electrons. The van der Waals surface area contributed by atoms with Crippen molar-refractivity contribution >= 4 is 29.0 Å². The van der Waals surface area contributed by atoms with Crippen molar-refractivity contribution < 1.29 is 14.3 Å². The van der Waals surface area contributed by atoms with Crippen LogP contribution < -0.4 is 10.6 Å². The highest BCUT2D eigenvalue weighted by atomic mass is 16.5. The van der Waals surface area contributed by atoms with Crippen molar-refractivity contribution in [1.29, 1.82) is 5.41 Å². The van der Waals surface area contributed by atoms with Crippen LogP contribution in [0.5, 0.6) is 0 Å². The van der Waals surface area contributed by atoms with E-state index in [1.807, 2.05) is 24.3 Å². The number of amides is 1. The van der Waals surface area contributed by atoms with Crippen LogP contribution in [0, 0.1) is 5.41 Å². The quantitative estimate of drug-likeness (QED) is 0.468. The Balaban J connectivity index is 1.68. The van der Waals surface area contributed by atoms with E-state index in [0.29, 0.717) is 24.9 Å². The van der Waals surface area contributed by atoms with Gasteiger partial charge in [-0.2, -0.15) is 0 Å². The van der Waals surface area contributed by atoms with Gasteiger partial charge in [0.15, 0.2) is 0 Å². The number of nitrogens with one attached hydrogen (secondary N) is 1. The van der Waals surface area contributed by atoms with Crippen molar-refractivity contribution in [3.8, 4) is 0 Å². The first-order chi connectivity index (χ1) is 13.0. The minimum Gasteiger partial charge on any atom is -0.469 e. The topological polar surface area (TPSA) is 96.5 Å². The molecule has 0 aromatic heterocycles. The molecule has 0 spiro atoms. The SMILES string of the molecule is COC(=O)CCc1ccc(C2=CC(=O)N(c3ccc(C(=N)N)cc3)C2)cc1. The molecule has 0 bridgehead atoms. The van der Waals surface area contributed by atoms with Crippen LogP contribution in [0.4, 0.5) is 5.69 Å². The molecule has 3 N–H and O–H groups in total. The predicted octanol–water partition coefficient (Wildman–Crippen LogP) is 2.51. The van der Waals surface area contributed by atoms with Crippen molar-refractivity contribution in [3.63, 3.8) is 0 Å². The molecule has 0 saturated carbocycles. The van der Waals surface area contributed by atoms with E-state index in [1.165, 1.54) is 7.11 Å². The van der Waals surface area contributed by atoms with Crippen molar-refractivity contribution in [1.82, 2.24) is 0 Å². The molecule has 1 heterocycles. The Kier molecular flexibility index (Phi) is 5.35. The highest BCUT2D eigenvalue weighted by Gasteiger charge is 2.23. The number of benzene rings is 2.